The van der Waals surface area contributed by atoms with Crippen molar-refractivity contribution in [1.82, 2.24) is 9.55 Å². The molecule has 2 aromatic heterocycles. The van der Waals surface area contributed by atoms with Gasteiger partial charge in [0.2, 0.25) is 0 Å². The molecular weight excluding hydrogens is 312 g/mol. The van der Waals surface area contributed by atoms with Crippen molar-refractivity contribution in [2.45, 2.75) is 24.5 Å². The summed E-state index contributed by atoms with van der Waals surface area (Å²) in [5, 5.41) is 30.9. The van der Waals surface area contributed by atoms with E-state index in [1.54, 1.807) is 17.5 Å². The second kappa shape index (κ2) is 5.78. The van der Waals surface area contributed by atoms with Crippen molar-refractivity contribution in [2.75, 3.05) is 6.61 Å². The molecular formula is C13H14N2O6S. The van der Waals surface area contributed by atoms with Crippen LogP contribution in [0.25, 0.3) is 10.6 Å². The minimum absolute atomic E-state index is 0.276. The molecule has 0 saturated carbocycles. The molecule has 0 amide bonds. The molecule has 8 nitrogen and oxygen atoms in total. The van der Waals surface area contributed by atoms with Crippen LogP contribution in [0, 0.1) is 0 Å². The summed E-state index contributed by atoms with van der Waals surface area (Å²) in [4.78, 5) is 26.5. The summed E-state index contributed by atoms with van der Waals surface area (Å²) in [5.74, 6) is 0. The maximum Gasteiger partial charge on any atom is 0.331 e. The highest BCUT2D eigenvalue weighted by molar-refractivity contribution is 7.13. The molecule has 0 spiro atoms. The summed E-state index contributed by atoms with van der Waals surface area (Å²) in [5.41, 5.74) is -1.05. The maximum absolute atomic E-state index is 12.2. The van der Waals surface area contributed by atoms with Gasteiger partial charge in [-0.05, 0) is 11.4 Å². The normalized spacial score (nSPS) is 28.1. The Bertz CT molecular complexity index is 768. The van der Waals surface area contributed by atoms with Gasteiger partial charge in [0, 0.05) is 6.07 Å². The molecule has 0 unspecified atom stereocenters. The molecule has 1 aliphatic rings. The van der Waals surface area contributed by atoms with Crippen LogP contribution in [-0.4, -0.2) is 49.8 Å². The predicted molar refractivity (Wildman–Crippen MR) is 77.6 cm³/mol. The van der Waals surface area contributed by atoms with E-state index in [1.165, 1.54) is 17.4 Å². The smallest absolute Gasteiger partial charge is 0.331 e. The molecule has 1 aliphatic heterocycles. The number of aliphatic hydroxyl groups is 3. The molecule has 1 saturated heterocycles. The molecule has 3 heterocycles. The highest BCUT2D eigenvalue weighted by Crippen LogP contribution is 2.32. The summed E-state index contributed by atoms with van der Waals surface area (Å²) in [7, 11) is 0. The first-order chi connectivity index (χ1) is 10.5. The van der Waals surface area contributed by atoms with Gasteiger partial charge in [0.25, 0.3) is 5.56 Å². The number of thiophene rings is 1. The Hall–Kier alpha value is -1.78. The van der Waals surface area contributed by atoms with E-state index in [2.05, 4.69) is 4.98 Å². The fourth-order valence-corrected chi connectivity index (χ4v) is 3.20. The third-order valence-corrected chi connectivity index (χ3v) is 4.41. The maximum atomic E-state index is 12.2. The van der Waals surface area contributed by atoms with Gasteiger partial charge in [-0.15, -0.1) is 11.3 Å². The van der Waals surface area contributed by atoms with Crippen LogP contribution in [0.3, 0.4) is 0 Å². The van der Waals surface area contributed by atoms with Crippen LogP contribution in [0.1, 0.15) is 6.23 Å². The summed E-state index contributed by atoms with van der Waals surface area (Å²) < 4.78 is 6.46. The van der Waals surface area contributed by atoms with Crippen LogP contribution in [-0.2, 0) is 4.74 Å². The molecule has 9 heteroatoms. The van der Waals surface area contributed by atoms with Gasteiger partial charge in [0.05, 0.1) is 17.2 Å². The number of H-pyrrole nitrogens is 1. The van der Waals surface area contributed by atoms with Gasteiger partial charge in [-0.3, -0.25) is 14.3 Å². The number of rotatable bonds is 3. The van der Waals surface area contributed by atoms with E-state index >= 15 is 0 Å². The monoisotopic (exact) mass is 326 g/mol. The first-order valence-corrected chi connectivity index (χ1v) is 7.43. The molecule has 2 aromatic rings. The van der Waals surface area contributed by atoms with Gasteiger partial charge in [0.1, 0.15) is 18.3 Å². The lowest BCUT2D eigenvalue weighted by molar-refractivity contribution is -0.0541. The molecule has 4 atom stereocenters. The summed E-state index contributed by atoms with van der Waals surface area (Å²) in [6, 6.07) is 4.70. The fourth-order valence-electron chi connectivity index (χ4n) is 2.46. The largest absolute Gasteiger partial charge is 0.394 e. The van der Waals surface area contributed by atoms with E-state index in [0.717, 1.165) is 4.57 Å². The number of hydrogen-bond donors (Lipinski definition) is 4. The molecule has 0 radical (unpaired) electrons. The second-order valence-electron chi connectivity index (χ2n) is 4.90. The van der Waals surface area contributed by atoms with E-state index in [4.69, 9.17) is 9.84 Å². The van der Waals surface area contributed by atoms with Crippen molar-refractivity contribution in [2.24, 2.45) is 0 Å². The van der Waals surface area contributed by atoms with Crippen molar-refractivity contribution in [3.05, 3.63) is 44.4 Å². The number of hydrogen-bond acceptors (Lipinski definition) is 7. The quantitative estimate of drug-likeness (QED) is 0.566. The molecule has 118 valence electrons. The highest BCUT2D eigenvalue weighted by Gasteiger charge is 2.44. The van der Waals surface area contributed by atoms with E-state index < -0.39 is 42.4 Å². The highest BCUT2D eigenvalue weighted by atomic mass is 32.1. The zero-order valence-corrected chi connectivity index (χ0v) is 12.1. The van der Waals surface area contributed by atoms with Crippen LogP contribution in [0.15, 0.2) is 33.2 Å². The van der Waals surface area contributed by atoms with Crippen LogP contribution in [0.4, 0.5) is 0 Å². The Morgan fingerprint density at radius 2 is 2.09 bits per heavy atom. The number of nitrogens with zero attached hydrogens (tertiary/aromatic N) is 1. The lowest BCUT2D eigenvalue weighted by Gasteiger charge is -2.20. The van der Waals surface area contributed by atoms with Crippen LogP contribution < -0.4 is 11.2 Å². The molecule has 1 fully saturated rings. The number of aromatic nitrogens is 2. The van der Waals surface area contributed by atoms with E-state index in [-0.39, 0.29) is 5.69 Å². The standard InChI is InChI=1S/C13H14N2O6S/c16-5-7-10(18)11(19)12(21-7)15-6(8-2-1-3-22-8)4-9(17)14-13(15)20/h1-4,7,10-12,16,18-19H,5H2,(H,14,17,20)/t7-,10-,11-,12-/m1/s1. The van der Waals surface area contributed by atoms with Crippen molar-refractivity contribution in [1.29, 1.82) is 0 Å². The third kappa shape index (κ3) is 2.42. The SMILES string of the molecule is O=c1cc(-c2cccs2)n([C@@H]2O[C@H](CO)[C@@H](O)[C@H]2O)c(=O)[nH]1. The van der Waals surface area contributed by atoms with Crippen molar-refractivity contribution in [3.8, 4) is 10.6 Å². The van der Waals surface area contributed by atoms with Crippen molar-refractivity contribution >= 4 is 11.3 Å². The molecule has 0 bridgehead atoms. The van der Waals surface area contributed by atoms with Crippen LogP contribution in [0.2, 0.25) is 0 Å². The van der Waals surface area contributed by atoms with Gasteiger partial charge in [0.15, 0.2) is 6.23 Å². The third-order valence-electron chi connectivity index (χ3n) is 3.52. The van der Waals surface area contributed by atoms with Crippen LogP contribution in [0.5, 0.6) is 0 Å². The Balaban J connectivity index is 2.15. The van der Waals surface area contributed by atoms with Crippen molar-refractivity contribution < 1.29 is 20.1 Å². The first-order valence-electron chi connectivity index (χ1n) is 6.55. The zero-order valence-electron chi connectivity index (χ0n) is 11.2. The van der Waals surface area contributed by atoms with E-state index in [9.17, 15) is 19.8 Å². The Morgan fingerprint density at radius 1 is 1.32 bits per heavy atom. The number of nitrogens with one attached hydrogen (secondary N) is 1. The molecule has 0 aliphatic carbocycles. The Morgan fingerprint density at radius 3 is 2.68 bits per heavy atom. The Kier molecular flexibility index (Phi) is 3.98. The lowest BCUT2D eigenvalue weighted by atomic mass is 10.1. The Labute approximate surface area is 127 Å². The van der Waals surface area contributed by atoms with Gasteiger partial charge in [-0.25, -0.2) is 4.79 Å². The number of aromatic amines is 1. The van der Waals surface area contributed by atoms with Crippen molar-refractivity contribution in [3.63, 3.8) is 0 Å². The van der Waals surface area contributed by atoms with Gasteiger partial charge >= 0.3 is 5.69 Å². The molecule has 3 rings (SSSR count). The minimum atomic E-state index is -1.40. The van der Waals surface area contributed by atoms with Gasteiger partial charge in [-0.2, -0.15) is 0 Å². The molecule has 22 heavy (non-hydrogen) atoms. The topological polar surface area (TPSA) is 125 Å². The first kappa shape index (κ1) is 15.1. The summed E-state index contributed by atoms with van der Waals surface area (Å²) in [6.45, 7) is -0.499. The van der Waals surface area contributed by atoms with E-state index in [1.807, 2.05) is 0 Å². The average molecular weight is 326 g/mol. The summed E-state index contributed by atoms with van der Waals surface area (Å²) >= 11 is 1.31. The lowest BCUT2D eigenvalue weighted by Crippen LogP contribution is -2.38. The predicted octanol–water partition coefficient (Wildman–Crippen LogP) is -1.12. The minimum Gasteiger partial charge on any atom is -0.394 e. The van der Waals surface area contributed by atoms with Crippen LogP contribution >= 0.6 is 11.3 Å². The fraction of sp³-hybridized carbons (Fsp3) is 0.385. The number of aliphatic hydroxyl groups excluding tert-OH is 3. The molecule has 0 aromatic carbocycles. The van der Waals surface area contributed by atoms with Gasteiger partial charge < -0.3 is 20.1 Å². The van der Waals surface area contributed by atoms with Gasteiger partial charge in [-0.1, -0.05) is 6.07 Å². The molecule has 4 N–H and O–H groups in total. The number of ether oxygens (including phenoxy) is 1. The average Bonchev–Trinajstić information content (AvgIpc) is 3.09. The second-order valence-corrected chi connectivity index (χ2v) is 5.85. The summed E-state index contributed by atoms with van der Waals surface area (Å²) in [6.07, 6.45) is -4.94. The zero-order chi connectivity index (χ0) is 15.9. The van der Waals surface area contributed by atoms with E-state index in [0.29, 0.717) is 4.88 Å².